The topological polar surface area (TPSA) is 12.5 Å². The van der Waals surface area contributed by atoms with Crippen LogP contribution in [0.2, 0.25) is 0 Å². The minimum atomic E-state index is 0. The Hall–Kier alpha value is 0.804. The molecule has 1 saturated heterocycles. The summed E-state index contributed by atoms with van der Waals surface area (Å²) < 4.78 is 5.40. The molecule has 18 heavy (non-hydrogen) atoms. The van der Waals surface area contributed by atoms with E-state index in [0.29, 0.717) is 17.4 Å². The van der Waals surface area contributed by atoms with Crippen LogP contribution in [-0.2, 0) is 37.4 Å². The second-order valence-electron chi connectivity index (χ2n) is 6.84. The van der Waals surface area contributed by atoms with E-state index in [4.69, 9.17) is 11.3 Å². The van der Waals surface area contributed by atoms with Gasteiger partial charge >= 0.3 is 0 Å². The van der Waals surface area contributed by atoms with Gasteiger partial charge in [-0.3, -0.25) is 5.57 Å². The minimum absolute atomic E-state index is 0. The predicted octanol–water partition coefficient (Wildman–Crippen LogP) is 3.98. The molecule has 0 N–H and O–H groups in total. The average molecular weight is 322 g/mol. The molecule has 0 aromatic rings. The molecule has 0 spiro atoms. The van der Waals surface area contributed by atoms with Crippen molar-refractivity contribution in [2.24, 2.45) is 23.2 Å². The maximum Gasteiger partial charge on any atom is 0.0812 e. The van der Waals surface area contributed by atoms with Gasteiger partial charge < -0.3 is 11.3 Å². The van der Waals surface area contributed by atoms with Crippen LogP contribution in [0.1, 0.15) is 52.4 Å². The monoisotopic (exact) mass is 322 g/mol. The van der Waals surface area contributed by atoms with E-state index in [-0.39, 0.29) is 32.7 Å². The van der Waals surface area contributed by atoms with Gasteiger partial charge in [0.25, 0.3) is 0 Å². The quantitative estimate of drug-likeness (QED) is 0.565. The molecule has 2 aliphatic carbocycles. The molecule has 1 nitrogen and oxygen atoms in total. The fourth-order valence-electron chi connectivity index (χ4n) is 4.80. The van der Waals surface area contributed by atoms with Crippen LogP contribution in [0.4, 0.5) is 0 Å². The summed E-state index contributed by atoms with van der Waals surface area (Å²) >= 11 is 0. The number of hydrogen-bond donors (Lipinski definition) is 0. The zero-order valence-electron chi connectivity index (χ0n) is 11.8. The van der Waals surface area contributed by atoms with Crippen LogP contribution in [-0.4, -0.2) is 12.7 Å². The van der Waals surface area contributed by atoms with Crippen molar-refractivity contribution in [3.63, 3.8) is 0 Å². The van der Waals surface area contributed by atoms with Gasteiger partial charge in [0.2, 0.25) is 0 Å². The Morgan fingerprint density at radius 1 is 1.44 bits per heavy atom. The van der Waals surface area contributed by atoms with Crippen molar-refractivity contribution in [2.75, 3.05) is 6.61 Å². The van der Waals surface area contributed by atoms with E-state index in [1.165, 1.54) is 44.1 Å². The fourth-order valence-corrected chi connectivity index (χ4v) is 4.80. The van der Waals surface area contributed by atoms with Gasteiger partial charge in [0.15, 0.2) is 0 Å². The maximum atomic E-state index is 6.27. The summed E-state index contributed by atoms with van der Waals surface area (Å²) in [6.45, 7) is 12.2. The third-order valence-electron chi connectivity index (χ3n) is 5.76. The van der Waals surface area contributed by atoms with Crippen LogP contribution < -0.4 is 0 Å². The van der Waals surface area contributed by atoms with Crippen LogP contribution in [0.5, 0.6) is 0 Å². The Labute approximate surface area is 137 Å². The molecule has 3 rings (SSSR count). The first kappa shape index (κ1) is 15.2. The maximum absolute atomic E-state index is 6.27. The van der Waals surface area contributed by atoms with Gasteiger partial charge in [0, 0.05) is 32.7 Å². The van der Waals surface area contributed by atoms with Crippen molar-refractivity contribution in [3.05, 3.63) is 12.2 Å². The van der Waals surface area contributed by atoms with Gasteiger partial charge in [-0.25, -0.2) is 0 Å². The first-order chi connectivity index (χ1) is 8.11. The Bertz CT molecular complexity index is 323. The van der Waals surface area contributed by atoms with Gasteiger partial charge in [-0.15, -0.1) is 0 Å². The number of rotatable bonds is 3. The van der Waals surface area contributed by atoms with Crippen LogP contribution in [0.25, 0.3) is 0 Å². The Balaban J connectivity index is 0.00000120. The molecule has 0 amide bonds. The molecule has 2 saturated carbocycles. The van der Waals surface area contributed by atoms with E-state index in [2.05, 4.69) is 13.8 Å². The van der Waals surface area contributed by atoms with Crippen molar-refractivity contribution < 1.29 is 37.4 Å². The second kappa shape index (κ2) is 5.66. The zero-order valence-corrected chi connectivity index (χ0v) is 14.7. The third kappa shape index (κ3) is 2.65. The molecule has 1 radical (unpaired) electrons. The molecule has 1 aliphatic heterocycles. The van der Waals surface area contributed by atoms with E-state index in [9.17, 15) is 0 Å². The van der Waals surface area contributed by atoms with Crippen molar-refractivity contribution in [3.8, 4) is 0 Å². The number of ether oxygens (including phenoxy) is 1. The molecule has 1 heterocycles. The molecule has 0 aromatic heterocycles. The summed E-state index contributed by atoms with van der Waals surface area (Å²) in [5.74, 6) is 2.39. The fraction of sp³-hybridized carbons (Fsp3) is 0.875. The molecular weight excluding hydrogens is 297 g/mol. The smallest absolute Gasteiger partial charge is 0.0812 e. The minimum Gasteiger partial charge on any atom is -0.514 e. The third-order valence-corrected chi connectivity index (χ3v) is 5.76. The van der Waals surface area contributed by atoms with Crippen molar-refractivity contribution >= 4 is 0 Å². The standard InChI is InChI=1S/C16H25O.Y/c1-11-5-4-8-16(3)14(11)6-7-15(16)12(2)9-13-10-17-13;/h1,12-15H,4-10H2,2-3H3;/q-1;/t12?,13?,14?,15-,16+;/m1./s1. The molecule has 0 bridgehead atoms. The van der Waals surface area contributed by atoms with Gasteiger partial charge in [-0.1, -0.05) is 26.7 Å². The normalized spacial score (nSPS) is 44.1. The zero-order chi connectivity index (χ0) is 12.0. The van der Waals surface area contributed by atoms with E-state index < -0.39 is 0 Å². The Morgan fingerprint density at radius 2 is 2.17 bits per heavy atom. The molecule has 3 fully saturated rings. The molecule has 3 aliphatic rings. The van der Waals surface area contributed by atoms with E-state index >= 15 is 0 Å². The number of epoxide rings is 1. The molecule has 2 heteroatoms. The summed E-state index contributed by atoms with van der Waals surface area (Å²) in [6, 6.07) is 0. The number of fused-ring (bicyclic) bond motifs is 1. The Morgan fingerprint density at radius 3 is 2.83 bits per heavy atom. The molecule has 99 valence electrons. The number of hydrogen-bond acceptors (Lipinski definition) is 1. The largest absolute Gasteiger partial charge is 0.514 e. The van der Waals surface area contributed by atoms with Gasteiger partial charge in [-0.05, 0) is 48.9 Å². The summed E-state index contributed by atoms with van der Waals surface area (Å²) in [6.07, 6.45) is 8.44. The van der Waals surface area contributed by atoms with Gasteiger partial charge in [0.1, 0.15) is 0 Å². The second-order valence-corrected chi connectivity index (χ2v) is 6.84. The Kier molecular flexibility index (Phi) is 4.78. The molecular formula is C16H25OY-. The van der Waals surface area contributed by atoms with Crippen molar-refractivity contribution in [1.29, 1.82) is 0 Å². The van der Waals surface area contributed by atoms with Crippen LogP contribution in [0.15, 0.2) is 5.57 Å². The summed E-state index contributed by atoms with van der Waals surface area (Å²) in [5.41, 5.74) is 1.80. The van der Waals surface area contributed by atoms with E-state index in [1.807, 2.05) is 0 Å². The van der Waals surface area contributed by atoms with Crippen LogP contribution in [0, 0.1) is 29.7 Å². The summed E-state index contributed by atoms with van der Waals surface area (Å²) in [7, 11) is 0. The van der Waals surface area contributed by atoms with Crippen LogP contribution in [0.3, 0.4) is 0 Å². The van der Waals surface area contributed by atoms with Gasteiger partial charge in [-0.2, -0.15) is 0 Å². The first-order valence-corrected chi connectivity index (χ1v) is 7.34. The average Bonchev–Trinajstić information content (AvgIpc) is 2.99. The number of allylic oxidation sites excluding steroid dienone is 1. The molecule has 0 aromatic carbocycles. The summed E-state index contributed by atoms with van der Waals surface area (Å²) in [4.78, 5) is 0. The van der Waals surface area contributed by atoms with Gasteiger partial charge in [0.05, 0.1) is 12.7 Å². The van der Waals surface area contributed by atoms with E-state index in [0.717, 1.165) is 18.4 Å². The first-order valence-electron chi connectivity index (χ1n) is 7.34. The predicted molar refractivity (Wildman–Crippen MR) is 69.5 cm³/mol. The SMILES string of the molecule is [CH-]=C1CCC[C@@]2(C)C1CC[C@@H]2C(C)CC1CO1.[Y]. The van der Waals surface area contributed by atoms with Crippen molar-refractivity contribution in [1.82, 2.24) is 0 Å². The molecule has 5 atom stereocenters. The van der Waals surface area contributed by atoms with Crippen LogP contribution >= 0.6 is 0 Å². The van der Waals surface area contributed by atoms with Crippen molar-refractivity contribution in [2.45, 2.75) is 58.5 Å². The van der Waals surface area contributed by atoms with E-state index in [1.54, 1.807) is 0 Å². The molecule has 3 unspecified atom stereocenters. The summed E-state index contributed by atoms with van der Waals surface area (Å²) in [5, 5.41) is 0.